The van der Waals surface area contributed by atoms with Gasteiger partial charge in [0.25, 0.3) is 5.97 Å². The topological polar surface area (TPSA) is 69.6 Å². The minimum atomic E-state index is -0.833. The van der Waals surface area contributed by atoms with Crippen molar-refractivity contribution in [3.05, 3.63) is 0 Å². The quantitative estimate of drug-likeness (QED) is 0.527. The van der Waals surface area contributed by atoms with E-state index in [0.29, 0.717) is 12.5 Å². The largest absolute Gasteiger partial charge is 0.481 e. The number of hydrogen-bond acceptors (Lipinski definition) is 3. The number of carbonyl (C=O) groups is 1. The number of rotatable bonds is 1. The molecular formula is C8H17NO3. The fraction of sp³-hybridized carbons (Fsp3) is 0.875. The number of carboxylic acids is 1. The Balaban J connectivity index is 0.000000261. The highest BCUT2D eigenvalue weighted by molar-refractivity contribution is 5.62. The zero-order valence-corrected chi connectivity index (χ0v) is 7.42. The van der Waals surface area contributed by atoms with Crippen LogP contribution in [0.3, 0.4) is 0 Å². The van der Waals surface area contributed by atoms with E-state index in [2.05, 4.69) is 5.32 Å². The zero-order valence-electron chi connectivity index (χ0n) is 7.42. The Labute approximate surface area is 72.6 Å². The van der Waals surface area contributed by atoms with E-state index < -0.39 is 5.97 Å². The van der Waals surface area contributed by atoms with Crippen LogP contribution in [0.5, 0.6) is 0 Å². The SMILES string of the molecule is CC(=O)O.OCC1CCNCC1. The van der Waals surface area contributed by atoms with Gasteiger partial charge < -0.3 is 15.5 Å². The molecule has 1 fully saturated rings. The van der Waals surface area contributed by atoms with E-state index in [9.17, 15) is 0 Å². The monoisotopic (exact) mass is 175 g/mol. The second-order valence-corrected chi connectivity index (χ2v) is 2.89. The molecule has 0 aromatic heterocycles. The van der Waals surface area contributed by atoms with Crippen molar-refractivity contribution in [3.63, 3.8) is 0 Å². The van der Waals surface area contributed by atoms with E-state index in [4.69, 9.17) is 15.0 Å². The highest BCUT2D eigenvalue weighted by Crippen LogP contribution is 2.08. The number of hydrogen-bond donors (Lipinski definition) is 3. The van der Waals surface area contributed by atoms with Crippen molar-refractivity contribution in [1.82, 2.24) is 5.32 Å². The molecule has 0 aliphatic carbocycles. The van der Waals surface area contributed by atoms with E-state index in [-0.39, 0.29) is 0 Å². The maximum absolute atomic E-state index is 9.00. The number of aliphatic hydroxyl groups is 1. The molecule has 1 aliphatic rings. The molecular weight excluding hydrogens is 158 g/mol. The lowest BCUT2D eigenvalue weighted by molar-refractivity contribution is -0.134. The lowest BCUT2D eigenvalue weighted by Gasteiger charge is -2.19. The van der Waals surface area contributed by atoms with Gasteiger partial charge in [0.2, 0.25) is 0 Å². The fourth-order valence-corrected chi connectivity index (χ4v) is 1.06. The van der Waals surface area contributed by atoms with Gasteiger partial charge in [0.15, 0.2) is 0 Å². The molecule has 4 nitrogen and oxygen atoms in total. The molecule has 0 amide bonds. The summed E-state index contributed by atoms with van der Waals surface area (Å²) in [6.07, 6.45) is 2.30. The number of carboxylic acid groups (broad SMARTS) is 1. The van der Waals surface area contributed by atoms with Crippen LogP contribution >= 0.6 is 0 Å². The fourth-order valence-electron chi connectivity index (χ4n) is 1.06. The molecule has 0 saturated carbocycles. The summed E-state index contributed by atoms with van der Waals surface area (Å²) < 4.78 is 0. The predicted octanol–water partition coefficient (Wildman–Crippen LogP) is 0.0692. The standard InChI is InChI=1S/C6H13NO.C2H4O2/c8-5-6-1-3-7-4-2-6;1-2(3)4/h6-8H,1-5H2;1H3,(H,3,4). The van der Waals surface area contributed by atoms with Gasteiger partial charge in [0, 0.05) is 13.5 Å². The molecule has 0 radical (unpaired) electrons. The minimum absolute atomic E-state index is 0.377. The average molecular weight is 175 g/mol. The second-order valence-electron chi connectivity index (χ2n) is 2.89. The minimum Gasteiger partial charge on any atom is -0.481 e. The average Bonchev–Trinajstić information content (AvgIpc) is 2.05. The van der Waals surface area contributed by atoms with Crippen molar-refractivity contribution in [1.29, 1.82) is 0 Å². The first-order valence-corrected chi connectivity index (χ1v) is 4.18. The molecule has 72 valence electrons. The second kappa shape index (κ2) is 7.06. The maximum atomic E-state index is 9.00. The summed E-state index contributed by atoms with van der Waals surface area (Å²) in [6, 6.07) is 0. The first kappa shape index (κ1) is 11.4. The van der Waals surface area contributed by atoms with Gasteiger partial charge in [-0.25, -0.2) is 0 Å². The summed E-state index contributed by atoms with van der Waals surface area (Å²) in [5.41, 5.74) is 0. The van der Waals surface area contributed by atoms with Crippen LogP contribution in [-0.2, 0) is 4.79 Å². The number of piperidine rings is 1. The highest BCUT2D eigenvalue weighted by atomic mass is 16.4. The van der Waals surface area contributed by atoms with Crippen molar-refractivity contribution < 1.29 is 15.0 Å². The summed E-state index contributed by atoms with van der Waals surface area (Å²) in [6.45, 7) is 3.64. The van der Waals surface area contributed by atoms with Crippen molar-refractivity contribution in [2.45, 2.75) is 19.8 Å². The maximum Gasteiger partial charge on any atom is 0.300 e. The van der Waals surface area contributed by atoms with Crippen molar-refractivity contribution >= 4 is 5.97 Å². The third kappa shape index (κ3) is 7.50. The molecule has 4 heteroatoms. The number of aliphatic carboxylic acids is 1. The smallest absolute Gasteiger partial charge is 0.300 e. The van der Waals surface area contributed by atoms with E-state index in [1.807, 2.05) is 0 Å². The van der Waals surface area contributed by atoms with Gasteiger partial charge in [-0.15, -0.1) is 0 Å². The molecule has 0 aromatic rings. The van der Waals surface area contributed by atoms with E-state index in [1.165, 1.54) is 0 Å². The van der Waals surface area contributed by atoms with E-state index >= 15 is 0 Å². The Kier molecular flexibility index (Phi) is 6.70. The van der Waals surface area contributed by atoms with Crippen molar-refractivity contribution in [2.75, 3.05) is 19.7 Å². The zero-order chi connectivity index (χ0) is 9.40. The van der Waals surface area contributed by atoms with Crippen molar-refractivity contribution in [3.8, 4) is 0 Å². The van der Waals surface area contributed by atoms with Crippen LogP contribution < -0.4 is 5.32 Å². The van der Waals surface area contributed by atoms with E-state index in [1.54, 1.807) is 0 Å². The summed E-state index contributed by atoms with van der Waals surface area (Å²) in [4.78, 5) is 9.00. The molecule has 0 atom stereocenters. The molecule has 0 bridgehead atoms. The number of aliphatic hydroxyl groups excluding tert-OH is 1. The van der Waals surface area contributed by atoms with Crippen LogP contribution in [0, 0.1) is 5.92 Å². The Bertz CT molecular complexity index is 117. The van der Waals surface area contributed by atoms with E-state index in [0.717, 1.165) is 32.9 Å². The molecule has 3 N–H and O–H groups in total. The molecule has 1 heterocycles. The normalized spacial score (nSPS) is 17.8. The summed E-state index contributed by atoms with van der Waals surface area (Å²) in [7, 11) is 0. The Morgan fingerprint density at radius 3 is 2.17 bits per heavy atom. The Hall–Kier alpha value is -0.610. The predicted molar refractivity (Wildman–Crippen MR) is 46.0 cm³/mol. The third-order valence-corrected chi connectivity index (χ3v) is 1.72. The van der Waals surface area contributed by atoms with Crippen LogP contribution in [0.25, 0.3) is 0 Å². The first-order valence-electron chi connectivity index (χ1n) is 4.18. The number of nitrogens with one attached hydrogen (secondary N) is 1. The molecule has 0 spiro atoms. The molecule has 0 unspecified atom stereocenters. The van der Waals surface area contributed by atoms with Gasteiger partial charge in [-0.3, -0.25) is 4.79 Å². The molecule has 1 aliphatic heterocycles. The Morgan fingerprint density at radius 1 is 1.50 bits per heavy atom. The van der Waals surface area contributed by atoms with Gasteiger partial charge in [-0.05, 0) is 31.8 Å². The van der Waals surface area contributed by atoms with Gasteiger partial charge in [-0.2, -0.15) is 0 Å². The van der Waals surface area contributed by atoms with Gasteiger partial charge in [-0.1, -0.05) is 0 Å². The molecule has 1 saturated heterocycles. The van der Waals surface area contributed by atoms with Crippen LogP contribution in [-0.4, -0.2) is 35.9 Å². The molecule has 0 aromatic carbocycles. The van der Waals surface area contributed by atoms with Crippen molar-refractivity contribution in [2.24, 2.45) is 5.92 Å². The lowest BCUT2D eigenvalue weighted by atomic mass is 10.00. The summed E-state index contributed by atoms with van der Waals surface area (Å²) in [5, 5.41) is 19.3. The summed E-state index contributed by atoms with van der Waals surface area (Å²) >= 11 is 0. The third-order valence-electron chi connectivity index (χ3n) is 1.72. The van der Waals surface area contributed by atoms with Crippen LogP contribution in [0.1, 0.15) is 19.8 Å². The highest BCUT2D eigenvalue weighted by Gasteiger charge is 2.09. The first-order chi connectivity index (χ1) is 5.66. The Morgan fingerprint density at radius 2 is 1.92 bits per heavy atom. The molecule has 12 heavy (non-hydrogen) atoms. The lowest BCUT2D eigenvalue weighted by Crippen LogP contribution is -2.29. The van der Waals surface area contributed by atoms with Gasteiger partial charge in [0.05, 0.1) is 0 Å². The molecule has 1 rings (SSSR count). The van der Waals surface area contributed by atoms with Gasteiger partial charge >= 0.3 is 0 Å². The van der Waals surface area contributed by atoms with Crippen LogP contribution in [0.4, 0.5) is 0 Å². The van der Waals surface area contributed by atoms with Crippen LogP contribution in [0.15, 0.2) is 0 Å². The summed E-state index contributed by atoms with van der Waals surface area (Å²) in [5.74, 6) is -0.253. The van der Waals surface area contributed by atoms with Gasteiger partial charge in [0.1, 0.15) is 0 Å². The van der Waals surface area contributed by atoms with Crippen LogP contribution in [0.2, 0.25) is 0 Å².